The van der Waals surface area contributed by atoms with E-state index in [4.69, 9.17) is 4.98 Å². The number of carbonyl (C=O) groups is 1. The van der Waals surface area contributed by atoms with Crippen LogP contribution in [-0.4, -0.2) is 44.6 Å². The Morgan fingerprint density at radius 3 is 2.87 bits per heavy atom. The minimum Gasteiger partial charge on any atom is -0.393 e. The van der Waals surface area contributed by atoms with Gasteiger partial charge in [-0.1, -0.05) is 11.3 Å². The van der Waals surface area contributed by atoms with E-state index >= 15 is 0 Å². The van der Waals surface area contributed by atoms with Gasteiger partial charge >= 0.3 is 0 Å². The van der Waals surface area contributed by atoms with E-state index in [2.05, 4.69) is 10.3 Å². The van der Waals surface area contributed by atoms with Crippen molar-refractivity contribution < 1.29 is 18.7 Å². The number of rotatable bonds is 3. The highest BCUT2D eigenvalue weighted by Gasteiger charge is 2.27. The smallest absolute Gasteiger partial charge is 0.270 e. The van der Waals surface area contributed by atoms with E-state index < -0.39 is 11.6 Å². The van der Waals surface area contributed by atoms with Crippen molar-refractivity contribution >= 4 is 33.3 Å². The molecule has 1 fully saturated rings. The molecule has 1 saturated carbocycles. The molecule has 3 heterocycles. The Kier molecular flexibility index (Phi) is 4.94. The molecule has 0 saturated heterocycles. The normalized spacial score (nSPS) is 21.6. The van der Waals surface area contributed by atoms with E-state index in [0.717, 1.165) is 47.5 Å². The minimum absolute atomic E-state index is 0.0814. The van der Waals surface area contributed by atoms with Crippen LogP contribution < -0.4 is 5.32 Å². The van der Waals surface area contributed by atoms with Crippen LogP contribution >= 0.6 is 11.3 Å². The van der Waals surface area contributed by atoms with Gasteiger partial charge in [0, 0.05) is 34.8 Å². The monoisotopic (exact) mass is 432 g/mol. The van der Waals surface area contributed by atoms with Gasteiger partial charge in [-0.3, -0.25) is 4.79 Å². The zero-order chi connectivity index (χ0) is 20.8. The molecule has 1 aliphatic heterocycles. The van der Waals surface area contributed by atoms with Gasteiger partial charge in [0.15, 0.2) is 16.8 Å². The average molecular weight is 432 g/mol. The van der Waals surface area contributed by atoms with Crippen LogP contribution in [0.2, 0.25) is 0 Å². The van der Waals surface area contributed by atoms with Crippen LogP contribution in [0.1, 0.15) is 46.7 Å². The molecule has 3 N–H and O–H groups in total. The Labute approximate surface area is 175 Å². The molecule has 158 valence electrons. The molecule has 6 nitrogen and oxygen atoms in total. The van der Waals surface area contributed by atoms with Crippen LogP contribution in [0, 0.1) is 11.6 Å². The summed E-state index contributed by atoms with van der Waals surface area (Å²) in [6, 6.07) is 4.18. The van der Waals surface area contributed by atoms with Crippen LogP contribution in [0.4, 0.5) is 13.9 Å². The molecule has 0 atom stereocenters. The van der Waals surface area contributed by atoms with Crippen molar-refractivity contribution in [3.8, 4) is 0 Å². The molecule has 1 aromatic carbocycles. The van der Waals surface area contributed by atoms with Crippen molar-refractivity contribution in [3.63, 3.8) is 0 Å². The number of aliphatic hydroxyl groups excluding tert-OH is 1. The second-order valence-electron chi connectivity index (χ2n) is 8.02. The summed E-state index contributed by atoms with van der Waals surface area (Å²) in [4.78, 5) is 23.3. The molecule has 2 aliphatic rings. The van der Waals surface area contributed by atoms with Crippen molar-refractivity contribution in [1.82, 2.24) is 14.9 Å². The maximum atomic E-state index is 14.0. The predicted octanol–water partition coefficient (Wildman–Crippen LogP) is 3.82. The van der Waals surface area contributed by atoms with E-state index in [9.17, 15) is 18.7 Å². The number of anilines is 1. The lowest BCUT2D eigenvalue weighted by Gasteiger charge is -2.25. The van der Waals surface area contributed by atoms with Gasteiger partial charge in [-0.25, -0.2) is 13.8 Å². The average Bonchev–Trinajstić information content (AvgIpc) is 3.35. The SMILES string of the molecule is O=C(c1cc2c(F)c(F)ccc2[nH]1)N1CCc2nc(NC3CCC(O)CC3)sc2C1. The molecule has 3 aromatic rings. The number of aliphatic hydroxyl groups is 1. The van der Waals surface area contributed by atoms with Gasteiger partial charge in [0.2, 0.25) is 0 Å². The summed E-state index contributed by atoms with van der Waals surface area (Å²) in [5.74, 6) is -2.11. The number of halogens is 2. The fourth-order valence-corrected chi connectivity index (χ4v) is 5.35. The Hall–Kier alpha value is -2.52. The first-order valence-corrected chi connectivity index (χ1v) is 11.0. The number of benzene rings is 1. The number of hydrogen-bond acceptors (Lipinski definition) is 5. The van der Waals surface area contributed by atoms with E-state index in [0.29, 0.717) is 31.1 Å². The maximum absolute atomic E-state index is 14.0. The first-order chi connectivity index (χ1) is 14.5. The fourth-order valence-electron chi connectivity index (χ4n) is 4.25. The van der Waals surface area contributed by atoms with Crippen LogP contribution in [0.5, 0.6) is 0 Å². The molecule has 9 heteroatoms. The fraction of sp³-hybridized carbons (Fsp3) is 0.429. The number of nitrogens with zero attached hydrogens (tertiary/aromatic N) is 2. The number of carbonyl (C=O) groups excluding carboxylic acids is 1. The molecular weight excluding hydrogens is 410 g/mol. The standard InChI is InChI=1S/C21H22F2N4O2S/c22-14-5-6-15-13(19(14)23)9-17(25-15)20(29)27-8-7-16-18(10-27)30-21(26-16)24-11-1-3-12(28)4-2-11/h5-6,9,11-12,25,28H,1-4,7-8,10H2,(H,24,26). The predicted molar refractivity (Wildman–Crippen MR) is 111 cm³/mol. The number of aromatic amines is 1. The lowest BCUT2D eigenvalue weighted by molar-refractivity contribution is 0.0731. The van der Waals surface area contributed by atoms with Crippen molar-refractivity contribution in [2.45, 2.75) is 50.8 Å². The highest BCUT2D eigenvalue weighted by Crippen LogP contribution is 2.31. The Balaban J connectivity index is 1.30. The molecule has 0 radical (unpaired) electrons. The summed E-state index contributed by atoms with van der Waals surface area (Å²) in [7, 11) is 0. The molecule has 30 heavy (non-hydrogen) atoms. The molecule has 0 unspecified atom stereocenters. The summed E-state index contributed by atoms with van der Waals surface area (Å²) >= 11 is 1.56. The minimum atomic E-state index is -0.947. The Morgan fingerprint density at radius 2 is 2.07 bits per heavy atom. The summed E-state index contributed by atoms with van der Waals surface area (Å²) in [5.41, 5.74) is 1.66. The molecule has 0 spiro atoms. The third-order valence-corrected chi connectivity index (χ3v) is 6.98. The van der Waals surface area contributed by atoms with E-state index in [1.165, 1.54) is 12.1 Å². The van der Waals surface area contributed by atoms with Crippen molar-refractivity contribution in [1.29, 1.82) is 0 Å². The lowest BCUT2D eigenvalue weighted by Crippen LogP contribution is -2.35. The molecule has 5 rings (SSSR count). The van der Waals surface area contributed by atoms with Crippen LogP contribution in [-0.2, 0) is 13.0 Å². The second kappa shape index (κ2) is 7.63. The Morgan fingerprint density at radius 1 is 1.27 bits per heavy atom. The highest BCUT2D eigenvalue weighted by atomic mass is 32.1. The van der Waals surface area contributed by atoms with Crippen LogP contribution in [0.25, 0.3) is 10.9 Å². The van der Waals surface area contributed by atoms with Gasteiger partial charge in [-0.2, -0.15) is 0 Å². The van der Waals surface area contributed by atoms with Crippen LogP contribution in [0.3, 0.4) is 0 Å². The number of H-pyrrole nitrogens is 1. The van der Waals surface area contributed by atoms with Gasteiger partial charge in [-0.15, -0.1) is 0 Å². The van der Waals surface area contributed by atoms with Gasteiger partial charge in [0.05, 0.1) is 18.3 Å². The van der Waals surface area contributed by atoms with Gasteiger partial charge in [0.1, 0.15) is 5.69 Å². The molecule has 1 amide bonds. The largest absolute Gasteiger partial charge is 0.393 e. The third-order valence-electron chi connectivity index (χ3n) is 5.96. The van der Waals surface area contributed by atoms with Crippen LogP contribution in [0.15, 0.2) is 18.2 Å². The number of amides is 1. The molecule has 2 aromatic heterocycles. The number of hydrogen-bond donors (Lipinski definition) is 3. The molecular formula is C21H22F2N4O2S. The second-order valence-corrected chi connectivity index (χ2v) is 9.10. The number of nitrogens with one attached hydrogen (secondary N) is 2. The lowest BCUT2D eigenvalue weighted by atomic mass is 9.93. The van der Waals surface area contributed by atoms with E-state index in [-0.39, 0.29) is 23.1 Å². The van der Waals surface area contributed by atoms with Crippen molar-refractivity contribution in [3.05, 3.63) is 46.1 Å². The summed E-state index contributed by atoms with van der Waals surface area (Å²) in [6.07, 6.45) is 3.93. The van der Waals surface area contributed by atoms with Crippen molar-refractivity contribution in [2.75, 3.05) is 11.9 Å². The quantitative estimate of drug-likeness (QED) is 0.588. The molecule has 1 aliphatic carbocycles. The zero-order valence-electron chi connectivity index (χ0n) is 16.3. The summed E-state index contributed by atoms with van der Waals surface area (Å²) < 4.78 is 27.4. The number of aromatic nitrogens is 2. The number of fused-ring (bicyclic) bond motifs is 2. The van der Waals surface area contributed by atoms with Gasteiger partial charge in [-0.05, 0) is 43.9 Å². The summed E-state index contributed by atoms with van der Waals surface area (Å²) in [5, 5.41) is 14.1. The van der Waals surface area contributed by atoms with E-state index in [1.807, 2.05) is 0 Å². The maximum Gasteiger partial charge on any atom is 0.270 e. The molecule has 0 bridgehead atoms. The zero-order valence-corrected chi connectivity index (χ0v) is 17.1. The van der Waals surface area contributed by atoms with Gasteiger partial charge < -0.3 is 20.3 Å². The first kappa shape index (κ1) is 19.4. The highest BCUT2D eigenvalue weighted by molar-refractivity contribution is 7.15. The number of thiazole rings is 1. The third kappa shape index (κ3) is 3.56. The summed E-state index contributed by atoms with van der Waals surface area (Å²) in [6.45, 7) is 0.972. The first-order valence-electron chi connectivity index (χ1n) is 10.2. The van der Waals surface area contributed by atoms with Gasteiger partial charge in [0.25, 0.3) is 5.91 Å². The van der Waals surface area contributed by atoms with E-state index in [1.54, 1.807) is 16.2 Å². The van der Waals surface area contributed by atoms with Crippen molar-refractivity contribution in [2.24, 2.45) is 0 Å². The Bertz CT molecular complexity index is 1100. The topological polar surface area (TPSA) is 81.2 Å².